The maximum absolute atomic E-state index is 15.4. The van der Waals surface area contributed by atoms with E-state index in [4.69, 9.17) is 9.94 Å². The zero-order valence-corrected chi connectivity index (χ0v) is 30.7. The number of pyridine rings is 1. The molecule has 7 rings (SSSR count). The van der Waals surface area contributed by atoms with E-state index in [9.17, 15) is 57.5 Å². The number of halogens is 20. The molecule has 4 nitrogen and oxygen atoms in total. The lowest BCUT2D eigenvalue weighted by atomic mass is 9.12. The van der Waals surface area contributed by atoms with Gasteiger partial charge in [0.1, 0.15) is 52.7 Å². The zero-order chi connectivity index (χ0) is 48.3. The molecular weight excluding hydrogens is 933 g/mol. The molecule has 1 aromatic heterocycles. The molecule has 0 aliphatic heterocycles. The van der Waals surface area contributed by atoms with Crippen LogP contribution in [-0.2, 0) is 0 Å². The highest BCUT2D eigenvalue weighted by molar-refractivity contribution is 7.20. The number of rotatable bonds is 7. The van der Waals surface area contributed by atoms with Gasteiger partial charge in [0.2, 0.25) is 18.1 Å². The lowest BCUT2D eigenvalue weighted by molar-refractivity contribution is -0.874. The second-order valence-electron chi connectivity index (χ2n) is 13.2. The van der Waals surface area contributed by atoms with Crippen LogP contribution in [0.4, 0.5) is 87.8 Å². The largest absolute Gasteiger partial charge is 0.478 e. The molecule has 0 radical (unpaired) electrons. The van der Waals surface area contributed by atoms with Gasteiger partial charge >= 0.3 is 5.97 Å². The van der Waals surface area contributed by atoms with Gasteiger partial charge in [0.15, 0.2) is 69.8 Å². The van der Waals surface area contributed by atoms with Gasteiger partial charge in [0.25, 0.3) is 0 Å². The quantitative estimate of drug-likeness (QED) is 0.0574. The van der Waals surface area contributed by atoms with E-state index in [-0.39, 0.29) is 5.56 Å². The van der Waals surface area contributed by atoms with Gasteiger partial charge in [-0.1, -0.05) is 24.3 Å². The van der Waals surface area contributed by atoms with Crippen LogP contribution in [0.15, 0.2) is 67.0 Å². The van der Waals surface area contributed by atoms with Crippen LogP contribution in [0, 0.1) is 116 Å². The van der Waals surface area contributed by atoms with E-state index in [1.54, 1.807) is 23.1 Å². The Kier molecular flexibility index (Phi) is 12.6. The Morgan fingerprint density at radius 3 is 1.03 bits per heavy atom. The summed E-state index contributed by atoms with van der Waals surface area (Å²) in [7, 11) is 0. The first-order valence-corrected chi connectivity index (χ1v) is 17.1. The standard InChI is InChI=1S/C24BF20.C16H11NO3/c26-5-1(6(27)14(35)21(42)13(5)34)25(2-7(28)15(36)22(43)16(37)8(2)29,3-9(30)17(38)23(44)18(39)10(3)31)4-11(32)19(40)24(45)20(41)12(4)33;18-16(19)13-6-3-7-15(10-13)20-17-9-8-12-4-1-2-5-14(12)11-17/h;1-11H/q-1;/p+1. The lowest BCUT2D eigenvalue weighted by Gasteiger charge is -2.44. The summed E-state index contributed by atoms with van der Waals surface area (Å²) >= 11 is 0. The van der Waals surface area contributed by atoms with Crippen molar-refractivity contribution in [2.75, 3.05) is 0 Å². The van der Waals surface area contributed by atoms with E-state index < -0.39 is 150 Å². The number of aromatic nitrogens is 1. The topological polar surface area (TPSA) is 50.4 Å². The summed E-state index contributed by atoms with van der Waals surface area (Å²) in [6.45, 7) is 0. The third-order valence-electron chi connectivity index (χ3n) is 9.66. The van der Waals surface area contributed by atoms with E-state index in [0.717, 1.165) is 10.8 Å². The fraction of sp³-hybridized carbons (Fsp3) is 0. The van der Waals surface area contributed by atoms with Gasteiger partial charge < -0.3 is 5.11 Å². The predicted octanol–water partition coefficient (Wildman–Crippen LogP) is 8.51. The first-order chi connectivity index (χ1) is 30.4. The molecule has 0 atom stereocenters. The Balaban J connectivity index is 0.000000289. The molecule has 0 aliphatic rings. The number of carbonyl (C=O) groups is 1. The van der Waals surface area contributed by atoms with E-state index in [1.165, 1.54) is 12.1 Å². The average Bonchev–Trinajstić information content (AvgIpc) is 3.29. The molecule has 0 saturated heterocycles. The number of carboxylic acids is 1. The Morgan fingerprint density at radius 1 is 0.400 bits per heavy atom. The molecule has 0 aliphatic carbocycles. The lowest BCUT2D eigenvalue weighted by Crippen LogP contribution is -2.81. The van der Waals surface area contributed by atoms with E-state index in [2.05, 4.69) is 0 Å². The molecular formula is C40H12BF20NO3. The molecule has 0 bridgehead atoms. The number of benzene rings is 6. The number of aromatic carboxylic acids is 1. The van der Waals surface area contributed by atoms with Crippen molar-refractivity contribution in [3.05, 3.63) is 189 Å². The van der Waals surface area contributed by atoms with Gasteiger partial charge in [-0.15, -0.1) is 21.9 Å². The van der Waals surface area contributed by atoms with Gasteiger partial charge in [-0.2, -0.15) is 0 Å². The fourth-order valence-corrected chi connectivity index (χ4v) is 6.85. The van der Waals surface area contributed by atoms with Crippen LogP contribution in [0.25, 0.3) is 10.8 Å². The van der Waals surface area contributed by atoms with Gasteiger partial charge in [-0.3, -0.25) is 0 Å². The maximum atomic E-state index is 15.4. The van der Waals surface area contributed by atoms with Crippen molar-refractivity contribution in [2.45, 2.75) is 0 Å². The van der Waals surface area contributed by atoms with Crippen molar-refractivity contribution in [2.24, 2.45) is 0 Å². The SMILES string of the molecule is Fc1c(F)c(F)c([B-](c2c(F)c(F)c(F)c(F)c2F)(c2c(F)c(F)c(F)c(F)c2F)c2c(F)c(F)c(F)c(F)c2F)c(F)c1F.O=C(O)c1cccc(O[n+]2ccc3ccccc3c2)c1. The number of hydrogen-bond acceptors (Lipinski definition) is 2. The second kappa shape index (κ2) is 17.3. The molecule has 0 unspecified atom stereocenters. The zero-order valence-electron chi connectivity index (χ0n) is 30.7. The van der Waals surface area contributed by atoms with Crippen molar-refractivity contribution in [3.8, 4) is 5.75 Å². The first kappa shape index (κ1) is 47.2. The average molecular weight is 945 g/mol. The molecule has 7 aromatic rings. The van der Waals surface area contributed by atoms with Gasteiger partial charge in [-0.25, -0.2) is 97.4 Å². The van der Waals surface area contributed by atoms with Crippen LogP contribution in [0.3, 0.4) is 0 Å². The summed E-state index contributed by atoms with van der Waals surface area (Å²) in [5.41, 5.74) is -14.1. The fourth-order valence-electron chi connectivity index (χ4n) is 6.85. The highest BCUT2D eigenvalue weighted by atomic mass is 19.2. The summed E-state index contributed by atoms with van der Waals surface area (Å²) in [5.74, 6) is -71.9. The van der Waals surface area contributed by atoms with Crippen molar-refractivity contribution in [1.82, 2.24) is 0 Å². The third kappa shape index (κ3) is 7.46. The summed E-state index contributed by atoms with van der Waals surface area (Å²) in [5, 5.41) is 11.1. The minimum Gasteiger partial charge on any atom is -0.478 e. The van der Waals surface area contributed by atoms with Crippen molar-refractivity contribution >= 4 is 44.7 Å². The van der Waals surface area contributed by atoms with Crippen LogP contribution in [0.2, 0.25) is 0 Å². The van der Waals surface area contributed by atoms with E-state index >= 15 is 35.1 Å². The van der Waals surface area contributed by atoms with Gasteiger partial charge in [0, 0.05) is 16.9 Å². The minimum absolute atomic E-state index is 0.198. The molecule has 25 heteroatoms. The van der Waals surface area contributed by atoms with Crippen LogP contribution in [0.5, 0.6) is 5.75 Å². The molecule has 0 saturated carbocycles. The summed E-state index contributed by atoms with van der Waals surface area (Å²) in [4.78, 5) is 16.5. The maximum Gasteiger partial charge on any atom is 0.335 e. The number of hydrogen-bond donors (Lipinski definition) is 1. The Hall–Kier alpha value is -7.34. The molecule has 0 amide bonds. The van der Waals surface area contributed by atoms with Crippen molar-refractivity contribution < 1.29 is 107 Å². The first-order valence-electron chi connectivity index (χ1n) is 17.1. The Morgan fingerprint density at radius 2 is 0.708 bits per heavy atom. The molecule has 338 valence electrons. The van der Waals surface area contributed by atoms with Crippen molar-refractivity contribution in [1.29, 1.82) is 0 Å². The smallest absolute Gasteiger partial charge is 0.335 e. The van der Waals surface area contributed by atoms with E-state index in [0.29, 0.717) is 5.75 Å². The van der Waals surface area contributed by atoms with Crippen LogP contribution < -0.4 is 31.4 Å². The second-order valence-corrected chi connectivity index (χ2v) is 13.2. The molecule has 1 heterocycles. The normalized spacial score (nSPS) is 11.5. The summed E-state index contributed by atoms with van der Waals surface area (Å²) in [6, 6.07) is 16.3. The summed E-state index contributed by atoms with van der Waals surface area (Å²) in [6.07, 6.45) is -3.58. The minimum atomic E-state index is -7.22. The van der Waals surface area contributed by atoms with Crippen LogP contribution >= 0.6 is 0 Å². The van der Waals surface area contributed by atoms with E-state index in [1.807, 2.05) is 36.5 Å². The highest BCUT2D eigenvalue weighted by Crippen LogP contribution is 2.31. The number of carboxylic acid groups (broad SMARTS) is 1. The number of nitrogens with zero attached hydrogens (tertiary/aromatic N) is 1. The highest BCUT2D eigenvalue weighted by Gasteiger charge is 2.52. The van der Waals surface area contributed by atoms with Crippen LogP contribution in [0.1, 0.15) is 10.4 Å². The molecule has 65 heavy (non-hydrogen) atoms. The van der Waals surface area contributed by atoms with Crippen molar-refractivity contribution in [3.63, 3.8) is 0 Å². The summed E-state index contributed by atoms with van der Waals surface area (Å²) < 4.78 is 296. The van der Waals surface area contributed by atoms with Gasteiger partial charge in [0.05, 0.1) is 10.9 Å². The Bertz CT molecular complexity index is 2750. The molecule has 6 aromatic carbocycles. The molecule has 1 N–H and O–H groups in total. The predicted molar refractivity (Wildman–Crippen MR) is 183 cm³/mol. The van der Waals surface area contributed by atoms with Gasteiger partial charge in [-0.05, 0) is 23.6 Å². The number of fused-ring (bicyclic) bond motifs is 1. The Labute approximate surface area is 346 Å². The third-order valence-corrected chi connectivity index (χ3v) is 9.66. The monoisotopic (exact) mass is 945 g/mol. The molecule has 0 fully saturated rings. The molecule has 0 spiro atoms. The van der Waals surface area contributed by atoms with Crippen LogP contribution in [-0.4, -0.2) is 17.2 Å².